The molecular formula is C24H28N2O7. The third kappa shape index (κ3) is 6.53. The van der Waals surface area contributed by atoms with Gasteiger partial charge in [0.1, 0.15) is 6.61 Å². The maximum atomic E-state index is 12.2. The molecule has 1 aliphatic carbocycles. The number of benzene rings is 2. The van der Waals surface area contributed by atoms with E-state index in [9.17, 15) is 19.5 Å². The van der Waals surface area contributed by atoms with Crippen molar-refractivity contribution in [2.45, 2.75) is 31.0 Å². The number of carboxylic acids is 1. The third-order valence-electron chi connectivity index (χ3n) is 5.51. The molecule has 0 radical (unpaired) electrons. The molecule has 2 amide bonds. The van der Waals surface area contributed by atoms with Gasteiger partial charge in [-0.05, 0) is 22.3 Å². The molecule has 176 valence electrons. The van der Waals surface area contributed by atoms with Crippen LogP contribution in [0.4, 0.5) is 4.79 Å². The zero-order valence-corrected chi connectivity index (χ0v) is 18.3. The highest BCUT2D eigenvalue weighted by Crippen LogP contribution is 2.44. The number of nitrogens with one attached hydrogen (secondary N) is 2. The Hall–Kier alpha value is -3.43. The molecule has 0 aromatic heterocycles. The summed E-state index contributed by atoms with van der Waals surface area (Å²) in [7, 11) is 1.35. The number of fused-ring (bicyclic) bond motifs is 3. The number of methoxy groups -OCH3 is 1. The summed E-state index contributed by atoms with van der Waals surface area (Å²) in [4.78, 5) is 34.8. The van der Waals surface area contributed by atoms with Crippen LogP contribution in [0.3, 0.4) is 0 Å². The molecule has 0 saturated heterocycles. The minimum atomic E-state index is -1.12. The summed E-state index contributed by atoms with van der Waals surface area (Å²) < 4.78 is 10.4. The van der Waals surface area contributed by atoms with Gasteiger partial charge in [-0.2, -0.15) is 0 Å². The number of carbonyl (C=O) groups excluding carboxylic acids is 2. The number of alkyl carbamates (subject to hydrolysis) is 1. The van der Waals surface area contributed by atoms with Crippen molar-refractivity contribution in [3.05, 3.63) is 59.7 Å². The molecule has 0 aliphatic heterocycles. The lowest BCUT2D eigenvalue weighted by molar-refractivity contribution is -0.140. The van der Waals surface area contributed by atoms with E-state index in [2.05, 4.69) is 10.6 Å². The fourth-order valence-corrected chi connectivity index (χ4v) is 3.87. The van der Waals surface area contributed by atoms with Crippen molar-refractivity contribution < 1.29 is 34.1 Å². The molecular weight excluding hydrogens is 428 g/mol. The molecule has 0 heterocycles. The summed E-state index contributed by atoms with van der Waals surface area (Å²) in [5, 5.41) is 23.8. The van der Waals surface area contributed by atoms with Crippen molar-refractivity contribution in [1.29, 1.82) is 0 Å². The van der Waals surface area contributed by atoms with Crippen molar-refractivity contribution in [3.63, 3.8) is 0 Å². The number of amides is 2. The number of hydrogen-bond donors (Lipinski definition) is 4. The van der Waals surface area contributed by atoms with Crippen LogP contribution in [0.2, 0.25) is 0 Å². The van der Waals surface area contributed by atoms with Crippen LogP contribution in [0.5, 0.6) is 0 Å². The van der Waals surface area contributed by atoms with E-state index in [1.54, 1.807) is 0 Å². The quantitative estimate of drug-likeness (QED) is 0.406. The van der Waals surface area contributed by atoms with Crippen molar-refractivity contribution in [2.75, 3.05) is 26.8 Å². The zero-order valence-electron chi connectivity index (χ0n) is 18.3. The second kappa shape index (κ2) is 11.4. The molecule has 9 heteroatoms. The average Bonchev–Trinajstić information content (AvgIpc) is 3.12. The fourth-order valence-electron chi connectivity index (χ4n) is 3.87. The summed E-state index contributed by atoms with van der Waals surface area (Å²) in [6, 6.07) is 16.0. The second-order valence-electron chi connectivity index (χ2n) is 7.82. The highest BCUT2D eigenvalue weighted by Gasteiger charge is 2.29. The minimum Gasteiger partial charge on any atom is -0.481 e. The Morgan fingerprint density at radius 1 is 0.939 bits per heavy atom. The first-order valence-electron chi connectivity index (χ1n) is 10.7. The second-order valence-corrected chi connectivity index (χ2v) is 7.82. The number of carboxylic acid groups (broad SMARTS) is 1. The van der Waals surface area contributed by atoms with Gasteiger partial charge in [-0.1, -0.05) is 48.5 Å². The fraction of sp³-hybridized carbons (Fsp3) is 0.375. The molecule has 4 N–H and O–H groups in total. The van der Waals surface area contributed by atoms with Gasteiger partial charge in [-0.15, -0.1) is 0 Å². The van der Waals surface area contributed by atoms with E-state index in [1.807, 2.05) is 48.5 Å². The number of aliphatic carboxylic acids is 1. The predicted octanol–water partition coefficient (Wildman–Crippen LogP) is 1.88. The van der Waals surface area contributed by atoms with Crippen molar-refractivity contribution >= 4 is 18.0 Å². The summed E-state index contributed by atoms with van der Waals surface area (Å²) in [6.45, 7) is -0.000485. The van der Waals surface area contributed by atoms with Crippen LogP contribution in [-0.2, 0) is 19.1 Å². The lowest BCUT2D eigenvalue weighted by Crippen LogP contribution is -2.39. The Labute approximate surface area is 191 Å². The molecule has 33 heavy (non-hydrogen) atoms. The van der Waals surface area contributed by atoms with Crippen LogP contribution >= 0.6 is 0 Å². The van der Waals surface area contributed by atoms with E-state index in [0.29, 0.717) is 0 Å². The molecule has 9 nitrogen and oxygen atoms in total. The number of hydrogen-bond acceptors (Lipinski definition) is 6. The van der Waals surface area contributed by atoms with Gasteiger partial charge in [-0.25, -0.2) is 4.79 Å². The maximum Gasteiger partial charge on any atom is 0.407 e. The van der Waals surface area contributed by atoms with Gasteiger partial charge in [0.05, 0.1) is 25.0 Å². The van der Waals surface area contributed by atoms with Crippen LogP contribution in [0.25, 0.3) is 11.1 Å². The normalized spacial score (nSPS) is 14.0. The van der Waals surface area contributed by atoms with Gasteiger partial charge in [0.25, 0.3) is 0 Å². The molecule has 0 saturated carbocycles. The van der Waals surface area contributed by atoms with Crippen molar-refractivity contribution in [1.82, 2.24) is 10.6 Å². The number of rotatable bonds is 11. The van der Waals surface area contributed by atoms with Gasteiger partial charge in [0, 0.05) is 26.1 Å². The molecule has 3 rings (SSSR count). The van der Waals surface area contributed by atoms with Crippen LogP contribution in [0.15, 0.2) is 48.5 Å². The molecule has 2 aromatic rings. The summed E-state index contributed by atoms with van der Waals surface area (Å²) in [5.41, 5.74) is 4.45. The van der Waals surface area contributed by atoms with Crippen molar-refractivity contribution in [2.24, 2.45) is 0 Å². The highest BCUT2D eigenvalue weighted by molar-refractivity contribution is 5.79. The first-order chi connectivity index (χ1) is 15.9. The summed E-state index contributed by atoms with van der Waals surface area (Å²) in [6.07, 6.45) is -2.97. The minimum absolute atomic E-state index is 0.00810. The van der Waals surface area contributed by atoms with Gasteiger partial charge in [-0.3, -0.25) is 9.59 Å². The number of aliphatic hydroxyl groups excluding tert-OH is 1. The number of ether oxygens (including phenoxy) is 2. The Kier molecular flexibility index (Phi) is 8.39. The monoisotopic (exact) mass is 456 g/mol. The molecule has 2 atom stereocenters. The topological polar surface area (TPSA) is 134 Å². The van der Waals surface area contributed by atoms with Gasteiger partial charge in [0.15, 0.2) is 0 Å². The highest BCUT2D eigenvalue weighted by atomic mass is 16.5. The Morgan fingerprint density at radius 3 is 2.12 bits per heavy atom. The lowest BCUT2D eigenvalue weighted by atomic mass is 9.98. The molecule has 2 aromatic carbocycles. The van der Waals surface area contributed by atoms with E-state index < -0.39 is 30.2 Å². The summed E-state index contributed by atoms with van der Waals surface area (Å²) >= 11 is 0. The Balaban J connectivity index is 1.42. The molecule has 0 fully saturated rings. The first-order valence-corrected chi connectivity index (χ1v) is 10.7. The molecule has 0 bridgehead atoms. The smallest absolute Gasteiger partial charge is 0.407 e. The lowest BCUT2D eigenvalue weighted by Gasteiger charge is -2.17. The van der Waals surface area contributed by atoms with E-state index in [0.717, 1.165) is 22.3 Å². The predicted molar refractivity (Wildman–Crippen MR) is 120 cm³/mol. The zero-order chi connectivity index (χ0) is 23.8. The molecule has 0 spiro atoms. The van der Waals surface area contributed by atoms with E-state index in [4.69, 9.17) is 14.6 Å². The number of aliphatic hydroxyl groups is 1. The maximum absolute atomic E-state index is 12.2. The van der Waals surface area contributed by atoms with E-state index >= 15 is 0 Å². The van der Waals surface area contributed by atoms with E-state index in [1.165, 1.54) is 7.11 Å². The summed E-state index contributed by atoms with van der Waals surface area (Å²) in [5.74, 6) is -1.59. The number of carbonyl (C=O) groups is 3. The first kappa shape index (κ1) is 24.2. The standard InChI is InChI=1S/C24H28N2O7/c1-32-16(11-23(29)30)13-25-22(28)10-15(27)12-26-24(31)33-14-21-19-8-4-2-6-17(19)18-7-3-5-9-20(18)21/h2-9,15-16,21,27H,10-14H2,1H3,(H,25,28)(H,26,31)(H,29,30). The van der Waals surface area contributed by atoms with Gasteiger partial charge in [0.2, 0.25) is 5.91 Å². The molecule has 1 aliphatic rings. The average molecular weight is 456 g/mol. The van der Waals surface area contributed by atoms with E-state index in [-0.39, 0.29) is 38.5 Å². The van der Waals surface area contributed by atoms with Crippen LogP contribution in [0.1, 0.15) is 29.9 Å². The third-order valence-corrected chi connectivity index (χ3v) is 5.51. The Bertz CT molecular complexity index is 949. The van der Waals surface area contributed by atoms with Gasteiger partial charge < -0.3 is 30.3 Å². The van der Waals surface area contributed by atoms with Crippen LogP contribution in [-0.4, -0.2) is 67.2 Å². The van der Waals surface area contributed by atoms with Crippen molar-refractivity contribution in [3.8, 4) is 11.1 Å². The largest absolute Gasteiger partial charge is 0.481 e. The van der Waals surface area contributed by atoms with Crippen LogP contribution < -0.4 is 10.6 Å². The Morgan fingerprint density at radius 2 is 1.55 bits per heavy atom. The van der Waals surface area contributed by atoms with Crippen LogP contribution in [0, 0.1) is 0 Å². The molecule has 2 unspecified atom stereocenters. The van der Waals surface area contributed by atoms with Gasteiger partial charge >= 0.3 is 12.1 Å². The SMILES string of the molecule is COC(CNC(=O)CC(O)CNC(=O)OCC1c2ccccc2-c2ccccc21)CC(=O)O.